The van der Waals surface area contributed by atoms with Gasteiger partial charge >= 0.3 is 0 Å². The maximum absolute atomic E-state index is 12.0. The van der Waals surface area contributed by atoms with E-state index in [2.05, 4.69) is 10.6 Å². The monoisotopic (exact) mass is 383 g/mol. The van der Waals surface area contributed by atoms with Gasteiger partial charge in [0.2, 0.25) is 5.91 Å². The molecule has 0 saturated carbocycles. The van der Waals surface area contributed by atoms with Gasteiger partial charge in [-0.25, -0.2) is 0 Å². The highest BCUT2D eigenvalue weighted by Crippen LogP contribution is 2.21. The molecule has 1 atom stereocenters. The van der Waals surface area contributed by atoms with E-state index < -0.39 is 6.04 Å². The van der Waals surface area contributed by atoms with Crippen molar-refractivity contribution in [1.82, 2.24) is 0 Å². The fourth-order valence-corrected chi connectivity index (χ4v) is 2.57. The zero-order valence-electron chi connectivity index (χ0n) is 14.1. The average Bonchev–Trinajstić information content (AvgIpc) is 3.09. The van der Waals surface area contributed by atoms with Crippen molar-refractivity contribution >= 4 is 47.4 Å². The van der Waals surface area contributed by atoms with Crippen molar-refractivity contribution in [1.29, 1.82) is 0 Å². The zero-order valence-corrected chi connectivity index (χ0v) is 15.7. The molecule has 0 aliphatic heterocycles. The largest absolute Gasteiger partial charge is 0.459 e. The molecule has 6 nitrogen and oxygen atoms in total. The Kier molecular flexibility index (Phi) is 8.54. The first-order valence-corrected chi connectivity index (χ1v) is 8.91. The second-order valence-electron chi connectivity index (χ2n) is 5.34. The molecule has 1 aromatic heterocycles. The topological polar surface area (TPSA) is 97.4 Å². The summed E-state index contributed by atoms with van der Waals surface area (Å²) in [4.78, 5) is 24.0. The van der Waals surface area contributed by atoms with Gasteiger partial charge in [-0.1, -0.05) is 0 Å². The van der Waals surface area contributed by atoms with E-state index in [1.54, 1.807) is 42.1 Å². The molecule has 0 radical (unpaired) electrons. The number of hydrogen-bond acceptors (Lipinski definition) is 5. The van der Waals surface area contributed by atoms with Gasteiger partial charge in [-0.2, -0.15) is 11.8 Å². The number of amides is 2. The molecule has 136 valence electrons. The molecule has 0 spiro atoms. The van der Waals surface area contributed by atoms with Crippen LogP contribution in [0.3, 0.4) is 0 Å². The molecular weight excluding hydrogens is 362 g/mol. The van der Waals surface area contributed by atoms with Crippen LogP contribution in [0, 0.1) is 6.92 Å². The van der Waals surface area contributed by atoms with E-state index in [0.717, 1.165) is 11.3 Å². The van der Waals surface area contributed by atoms with Crippen LogP contribution >= 0.6 is 24.2 Å². The summed E-state index contributed by atoms with van der Waals surface area (Å²) in [6.07, 6.45) is 4.05. The first-order chi connectivity index (χ1) is 11.5. The number of benzene rings is 1. The summed E-state index contributed by atoms with van der Waals surface area (Å²) in [7, 11) is 0. The van der Waals surface area contributed by atoms with E-state index in [1.165, 1.54) is 6.26 Å². The molecule has 2 aromatic rings. The average molecular weight is 384 g/mol. The Balaban J connectivity index is 0.00000312. The van der Waals surface area contributed by atoms with Crippen LogP contribution < -0.4 is 16.4 Å². The highest BCUT2D eigenvalue weighted by Gasteiger charge is 2.14. The Labute approximate surface area is 157 Å². The number of carbonyl (C=O) groups is 2. The maximum atomic E-state index is 12.0. The minimum absolute atomic E-state index is 0. The molecule has 0 aliphatic rings. The van der Waals surface area contributed by atoms with Gasteiger partial charge in [-0.15, -0.1) is 12.4 Å². The van der Waals surface area contributed by atoms with Crippen LogP contribution in [0.2, 0.25) is 0 Å². The summed E-state index contributed by atoms with van der Waals surface area (Å²) in [5.41, 5.74) is 7.97. The van der Waals surface area contributed by atoms with Crippen LogP contribution in [0.25, 0.3) is 0 Å². The molecule has 0 unspecified atom stereocenters. The third kappa shape index (κ3) is 6.12. The molecule has 2 amide bonds. The smallest absolute Gasteiger partial charge is 0.291 e. The van der Waals surface area contributed by atoms with Gasteiger partial charge < -0.3 is 20.8 Å². The lowest BCUT2D eigenvalue weighted by Crippen LogP contribution is -2.36. The Morgan fingerprint density at radius 2 is 2.04 bits per heavy atom. The van der Waals surface area contributed by atoms with Crippen molar-refractivity contribution in [3.8, 4) is 0 Å². The van der Waals surface area contributed by atoms with Gasteiger partial charge in [0.05, 0.1) is 12.3 Å². The van der Waals surface area contributed by atoms with Gasteiger partial charge in [0, 0.05) is 11.4 Å². The predicted octanol–water partition coefficient (Wildman–Crippen LogP) is 3.28. The first kappa shape index (κ1) is 21.1. The van der Waals surface area contributed by atoms with Crippen LogP contribution in [0.4, 0.5) is 11.4 Å². The third-order valence-electron chi connectivity index (χ3n) is 3.46. The van der Waals surface area contributed by atoms with E-state index in [4.69, 9.17) is 10.2 Å². The number of carbonyl (C=O) groups excluding carboxylic acids is 2. The Morgan fingerprint density at radius 1 is 1.28 bits per heavy atom. The van der Waals surface area contributed by atoms with Crippen LogP contribution in [0.5, 0.6) is 0 Å². The molecule has 0 bridgehead atoms. The lowest BCUT2D eigenvalue weighted by molar-refractivity contribution is -0.117. The van der Waals surface area contributed by atoms with Gasteiger partial charge in [0.15, 0.2) is 5.76 Å². The first-order valence-electron chi connectivity index (χ1n) is 7.52. The van der Waals surface area contributed by atoms with Crippen molar-refractivity contribution in [2.75, 3.05) is 22.6 Å². The molecule has 8 heteroatoms. The molecule has 0 saturated heterocycles. The number of hydrogen-bond donors (Lipinski definition) is 3. The summed E-state index contributed by atoms with van der Waals surface area (Å²) in [6.45, 7) is 1.85. The number of thioether (sulfide) groups is 1. The van der Waals surface area contributed by atoms with E-state index in [-0.39, 0.29) is 30.0 Å². The number of nitrogens with two attached hydrogens (primary N) is 1. The lowest BCUT2D eigenvalue weighted by atomic mass is 10.1. The van der Waals surface area contributed by atoms with E-state index >= 15 is 0 Å². The molecule has 1 heterocycles. The summed E-state index contributed by atoms with van der Waals surface area (Å²) in [5, 5.41) is 5.57. The quantitative estimate of drug-likeness (QED) is 0.681. The SMILES string of the molecule is CSCC[C@H](N)C(=O)Nc1ccc(NC(=O)c2ccco2)c(C)c1.Cl. The number of furan rings is 1. The van der Waals surface area contributed by atoms with Crippen molar-refractivity contribution in [3.05, 3.63) is 47.9 Å². The summed E-state index contributed by atoms with van der Waals surface area (Å²) < 4.78 is 5.06. The third-order valence-corrected chi connectivity index (χ3v) is 4.10. The minimum Gasteiger partial charge on any atom is -0.459 e. The lowest BCUT2D eigenvalue weighted by Gasteiger charge is -2.13. The molecule has 0 aliphatic carbocycles. The van der Waals surface area contributed by atoms with Crippen molar-refractivity contribution in [3.63, 3.8) is 0 Å². The van der Waals surface area contributed by atoms with Gasteiger partial charge in [0.1, 0.15) is 0 Å². The fraction of sp³-hybridized carbons (Fsp3) is 0.294. The number of halogens is 1. The molecule has 0 fully saturated rings. The number of anilines is 2. The van der Waals surface area contributed by atoms with E-state index in [1.807, 2.05) is 13.2 Å². The minimum atomic E-state index is -0.531. The van der Waals surface area contributed by atoms with Gasteiger partial charge in [0.25, 0.3) is 5.91 Å². The summed E-state index contributed by atoms with van der Waals surface area (Å²) in [5.74, 6) is 0.548. The van der Waals surface area contributed by atoms with E-state index in [0.29, 0.717) is 17.8 Å². The highest BCUT2D eigenvalue weighted by atomic mass is 35.5. The maximum Gasteiger partial charge on any atom is 0.291 e. The van der Waals surface area contributed by atoms with Gasteiger partial charge in [-0.3, -0.25) is 9.59 Å². The normalized spacial score (nSPS) is 11.3. The van der Waals surface area contributed by atoms with Crippen LogP contribution in [0.15, 0.2) is 41.0 Å². The van der Waals surface area contributed by atoms with Crippen LogP contribution in [-0.4, -0.2) is 29.9 Å². The number of rotatable bonds is 7. The molecular formula is C17H22ClN3O3S. The second-order valence-corrected chi connectivity index (χ2v) is 6.32. The van der Waals surface area contributed by atoms with Crippen molar-refractivity contribution in [2.24, 2.45) is 5.73 Å². The number of aryl methyl sites for hydroxylation is 1. The standard InChI is InChI=1S/C17H21N3O3S.ClH/c1-11-10-12(19-16(21)13(18)7-9-24-2)5-6-14(11)20-17(22)15-4-3-8-23-15;/h3-6,8,10,13H,7,9,18H2,1-2H3,(H,19,21)(H,20,22);1H/t13-;/m0./s1. The molecule has 4 N–H and O–H groups in total. The molecule has 1 aromatic carbocycles. The second kappa shape index (κ2) is 10.1. The summed E-state index contributed by atoms with van der Waals surface area (Å²) >= 11 is 1.65. The van der Waals surface area contributed by atoms with Gasteiger partial charge in [-0.05, 0) is 61.2 Å². The predicted molar refractivity (Wildman–Crippen MR) is 105 cm³/mol. The van der Waals surface area contributed by atoms with Crippen LogP contribution in [0.1, 0.15) is 22.5 Å². The van der Waals surface area contributed by atoms with Crippen molar-refractivity contribution in [2.45, 2.75) is 19.4 Å². The summed E-state index contributed by atoms with van der Waals surface area (Å²) in [6, 6.07) is 7.96. The Bertz CT molecular complexity index is 707. The fourth-order valence-electron chi connectivity index (χ4n) is 2.08. The van der Waals surface area contributed by atoms with E-state index in [9.17, 15) is 9.59 Å². The Morgan fingerprint density at radius 3 is 2.64 bits per heavy atom. The van der Waals surface area contributed by atoms with Crippen LogP contribution in [-0.2, 0) is 4.79 Å². The Hall–Kier alpha value is -1.96. The van der Waals surface area contributed by atoms with Crippen molar-refractivity contribution < 1.29 is 14.0 Å². The molecule has 25 heavy (non-hydrogen) atoms. The zero-order chi connectivity index (χ0) is 17.5. The number of nitrogens with one attached hydrogen (secondary N) is 2. The molecule has 2 rings (SSSR count). The highest BCUT2D eigenvalue weighted by molar-refractivity contribution is 7.98.